The van der Waals surface area contributed by atoms with Gasteiger partial charge in [-0.2, -0.15) is 0 Å². The van der Waals surface area contributed by atoms with Gasteiger partial charge in [-0.05, 0) is 12.1 Å². The lowest BCUT2D eigenvalue weighted by Gasteiger charge is -2.09. The lowest BCUT2D eigenvalue weighted by molar-refractivity contribution is -0.0265. The predicted octanol–water partition coefficient (Wildman–Crippen LogP) is 2.63. The number of hydrogen-bond acceptors (Lipinski definition) is 11. The summed E-state index contributed by atoms with van der Waals surface area (Å²) >= 11 is 3.30. The van der Waals surface area contributed by atoms with Crippen LogP contribution in [0.2, 0.25) is 0 Å². The second kappa shape index (κ2) is 32.6. The van der Waals surface area contributed by atoms with Crippen LogP contribution in [0.3, 0.4) is 0 Å². The van der Waals surface area contributed by atoms with Crippen LogP contribution in [-0.4, -0.2) is 144 Å². The van der Waals surface area contributed by atoms with Gasteiger partial charge < -0.3 is 52.1 Å². The van der Waals surface area contributed by atoms with E-state index in [1.165, 1.54) is 0 Å². The zero-order valence-electron chi connectivity index (χ0n) is 23.8. The van der Waals surface area contributed by atoms with Crippen molar-refractivity contribution in [1.29, 1.82) is 0 Å². The summed E-state index contributed by atoms with van der Waals surface area (Å²) in [5, 5.41) is 0.839. The van der Waals surface area contributed by atoms with Gasteiger partial charge in [0.15, 0.2) is 0 Å². The highest BCUT2D eigenvalue weighted by atomic mass is 79.9. The Balaban J connectivity index is 1.62. The molecular formula is C28H49BrO11. The molecule has 0 saturated heterocycles. The third-order valence-electron chi connectivity index (χ3n) is 4.81. The van der Waals surface area contributed by atoms with E-state index in [0.29, 0.717) is 139 Å². The van der Waals surface area contributed by atoms with Gasteiger partial charge in [-0.3, -0.25) is 0 Å². The Morgan fingerprint density at radius 3 is 0.850 bits per heavy atom. The van der Waals surface area contributed by atoms with Gasteiger partial charge in [0, 0.05) is 5.33 Å². The van der Waals surface area contributed by atoms with E-state index in [0.717, 1.165) is 11.1 Å². The standard InChI is InChI=1S/C28H49BrO11/c29-6-7-30-8-9-31-10-11-32-12-13-33-14-15-34-16-17-35-18-19-36-20-21-37-22-23-38-24-25-39-26-27-40-28-4-2-1-3-5-28/h1-5H,6-27H2. The predicted molar refractivity (Wildman–Crippen MR) is 154 cm³/mol. The van der Waals surface area contributed by atoms with Crippen molar-refractivity contribution in [3.8, 4) is 5.75 Å². The molecule has 234 valence electrons. The van der Waals surface area contributed by atoms with Crippen LogP contribution < -0.4 is 4.74 Å². The maximum absolute atomic E-state index is 5.55. The van der Waals surface area contributed by atoms with Crippen LogP contribution in [-0.2, 0) is 47.4 Å². The van der Waals surface area contributed by atoms with Crippen molar-refractivity contribution in [2.75, 3.05) is 144 Å². The Hall–Kier alpha value is -0.900. The number of halogens is 1. The van der Waals surface area contributed by atoms with Crippen molar-refractivity contribution in [3.63, 3.8) is 0 Å². The van der Waals surface area contributed by atoms with Crippen molar-refractivity contribution in [3.05, 3.63) is 30.3 Å². The average molecular weight is 642 g/mol. The Bertz CT molecular complexity index is 601. The van der Waals surface area contributed by atoms with Crippen LogP contribution in [0.5, 0.6) is 5.75 Å². The van der Waals surface area contributed by atoms with Crippen molar-refractivity contribution in [2.24, 2.45) is 0 Å². The minimum Gasteiger partial charge on any atom is -0.491 e. The number of rotatable bonds is 33. The van der Waals surface area contributed by atoms with Gasteiger partial charge in [0.25, 0.3) is 0 Å². The normalized spacial score (nSPS) is 11.3. The highest BCUT2D eigenvalue weighted by Crippen LogP contribution is 2.07. The number of alkyl halides is 1. The van der Waals surface area contributed by atoms with Gasteiger partial charge in [0.2, 0.25) is 0 Å². The molecule has 1 aromatic rings. The summed E-state index contributed by atoms with van der Waals surface area (Å²) in [5.74, 6) is 0.846. The zero-order chi connectivity index (χ0) is 28.4. The first-order valence-electron chi connectivity index (χ1n) is 13.9. The van der Waals surface area contributed by atoms with Gasteiger partial charge in [-0.1, -0.05) is 34.1 Å². The Kier molecular flexibility index (Phi) is 30.3. The van der Waals surface area contributed by atoms with Gasteiger partial charge in [-0.25, -0.2) is 0 Å². The minimum absolute atomic E-state index is 0.518. The highest BCUT2D eigenvalue weighted by Gasteiger charge is 1.96. The van der Waals surface area contributed by atoms with Crippen molar-refractivity contribution >= 4 is 15.9 Å². The molecule has 0 unspecified atom stereocenters. The maximum atomic E-state index is 5.55. The summed E-state index contributed by atoms with van der Waals surface area (Å²) in [4.78, 5) is 0. The summed E-state index contributed by atoms with van der Waals surface area (Å²) in [6.07, 6.45) is 0. The van der Waals surface area contributed by atoms with Crippen molar-refractivity contribution < 1.29 is 52.1 Å². The van der Waals surface area contributed by atoms with Crippen LogP contribution in [0.1, 0.15) is 0 Å². The van der Waals surface area contributed by atoms with E-state index in [-0.39, 0.29) is 0 Å². The lowest BCUT2D eigenvalue weighted by atomic mass is 10.3. The van der Waals surface area contributed by atoms with Crippen molar-refractivity contribution in [1.82, 2.24) is 0 Å². The largest absolute Gasteiger partial charge is 0.491 e. The van der Waals surface area contributed by atoms with E-state index in [9.17, 15) is 0 Å². The van der Waals surface area contributed by atoms with E-state index >= 15 is 0 Å². The monoisotopic (exact) mass is 640 g/mol. The maximum Gasteiger partial charge on any atom is 0.119 e. The second-order valence-corrected chi connectivity index (χ2v) is 8.77. The molecule has 0 aliphatic carbocycles. The highest BCUT2D eigenvalue weighted by molar-refractivity contribution is 9.09. The minimum atomic E-state index is 0.518. The Morgan fingerprint density at radius 2 is 0.575 bits per heavy atom. The molecular weight excluding hydrogens is 592 g/mol. The fourth-order valence-electron chi connectivity index (χ4n) is 2.87. The number of para-hydroxylation sites is 1. The van der Waals surface area contributed by atoms with Crippen LogP contribution >= 0.6 is 15.9 Å². The Morgan fingerprint density at radius 1 is 0.325 bits per heavy atom. The molecule has 12 heteroatoms. The summed E-state index contributed by atoms with van der Waals surface area (Å²) in [5.41, 5.74) is 0. The molecule has 0 radical (unpaired) electrons. The molecule has 0 amide bonds. The van der Waals surface area contributed by atoms with Gasteiger partial charge in [0.1, 0.15) is 12.4 Å². The van der Waals surface area contributed by atoms with Crippen LogP contribution in [0.4, 0.5) is 0 Å². The summed E-state index contributed by atoms with van der Waals surface area (Å²) in [6, 6.07) is 9.67. The van der Waals surface area contributed by atoms with E-state index < -0.39 is 0 Å². The molecule has 11 nitrogen and oxygen atoms in total. The van der Waals surface area contributed by atoms with Gasteiger partial charge in [0.05, 0.1) is 132 Å². The molecule has 0 heterocycles. The van der Waals surface area contributed by atoms with Crippen LogP contribution in [0.25, 0.3) is 0 Å². The first-order chi connectivity index (χ1) is 19.9. The van der Waals surface area contributed by atoms with E-state index in [1.807, 2.05) is 30.3 Å². The van der Waals surface area contributed by atoms with E-state index in [2.05, 4.69) is 15.9 Å². The van der Waals surface area contributed by atoms with Gasteiger partial charge in [-0.15, -0.1) is 0 Å². The molecule has 1 aromatic carbocycles. The smallest absolute Gasteiger partial charge is 0.119 e. The molecule has 0 atom stereocenters. The SMILES string of the molecule is BrCCOCCOCCOCCOCCOCCOCCOCCOCCOCCOCCOc1ccccc1. The van der Waals surface area contributed by atoms with Gasteiger partial charge >= 0.3 is 0 Å². The second-order valence-electron chi connectivity index (χ2n) is 7.97. The number of hydrogen-bond donors (Lipinski definition) is 0. The summed E-state index contributed by atoms with van der Waals surface area (Å²) in [7, 11) is 0. The molecule has 1 rings (SSSR count). The molecule has 0 fully saturated rings. The average Bonchev–Trinajstić information content (AvgIpc) is 2.98. The zero-order valence-corrected chi connectivity index (χ0v) is 25.4. The first kappa shape index (κ1) is 37.1. The molecule has 0 spiro atoms. The molecule has 0 saturated carbocycles. The quantitative estimate of drug-likeness (QED) is 0.0837. The third kappa shape index (κ3) is 28.6. The molecule has 0 bridgehead atoms. The number of benzene rings is 1. The molecule has 0 N–H and O–H groups in total. The van der Waals surface area contributed by atoms with E-state index in [4.69, 9.17) is 52.1 Å². The summed E-state index contributed by atoms with van der Waals surface area (Å²) in [6.45, 7) is 11.4. The topological polar surface area (TPSA) is 102 Å². The summed E-state index contributed by atoms with van der Waals surface area (Å²) < 4.78 is 59.9. The Labute approximate surface area is 248 Å². The molecule has 0 aliphatic heterocycles. The molecule has 0 aliphatic rings. The van der Waals surface area contributed by atoms with Crippen LogP contribution in [0.15, 0.2) is 30.3 Å². The lowest BCUT2D eigenvalue weighted by Crippen LogP contribution is -2.15. The molecule has 40 heavy (non-hydrogen) atoms. The number of ether oxygens (including phenoxy) is 11. The van der Waals surface area contributed by atoms with E-state index in [1.54, 1.807) is 0 Å². The van der Waals surface area contributed by atoms with Crippen molar-refractivity contribution in [2.45, 2.75) is 0 Å². The molecule has 0 aromatic heterocycles. The fraction of sp³-hybridized carbons (Fsp3) is 0.786. The third-order valence-corrected chi connectivity index (χ3v) is 5.13. The van der Waals surface area contributed by atoms with Crippen LogP contribution in [0, 0.1) is 0 Å². The first-order valence-corrected chi connectivity index (χ1v) is 15.1. The fourth-order valence-corrected chi connectivity index (χ4v) is 3.10.